The predicted octanol–water partition coefficient (Wildman–Crippen LogP) is 0.833. The highest BCUT2D eigenvalue weighted by molar-refractivity contribution is 5.70. The number of hydrogen-bond donors (Lipinski definition) is 1. The number of nitrogens with one attached hydrogen (secondary N) is 1. The highest BCUT2D eigenvalue weighted by atomic mass is 14.9. The van der Waals surface area contributed by atoms with Crippen molar-refractivity contribution < 1.29 is 0 Å². The lowest BCUT2D eigenvalue weighted by atomic mass is 10.4. The highest BCUT2D eigenvalue weighted by Crippen LogP contribution is 2.05. The lowest BCUT2D eigenvalue weighted by Crippen LogP contribution is -1.85. The summed E-state index contributed by atoms with van der Waals surface area (Å²) in [6.07, 6.45) is 3.29. The smallest absolute Gasteiger partial charge is 0.156 e. The number of aromatic nitrogens is 3. The summed E-state index contributed by atoms with van der Waals surface area (Å²) >= 11 is 0. The quantitative estimate of drug-likeness (QED) is 0.592. The van der Waals surface area contributed by atoms with Gasteiger partial charge in [-0.25, -0.2) is 9.97 Å². The number of nitrogens with zero attached hydrogens (tertiary/aromatic N) is 3. The maximum absolute atomic E-state index is 8.22. The average Bonchev–Trinajstić information content (AvgIpc) is 2.61. The van der Waals surface area contributed by atoms with Crippen LogP contribution in [-0.2, 0) is 0 Å². The second-order valence-electron chi connectivity index (χ2n) is 2.33. The summed E-state index contributed by atoms with van der Waals surface area (Å²) in [6.45, 7) is 0. The van der Waals surface area contributed by atoms with Gasteiger partial charge in [0.2, 0.25) is 0 Å². The molecule has 1 N–H and O–H groups in total. The van der Waals surface area contributed by atoms with Crippen LogP contribution in [0.3, 0.4) is 0 Å². The van der Waals surface area contributed by atoms with E-state index in [0.29, 0.717) is 5.69 Å². The molecule has 2 aromatic heterocycles. The second kappa shape index (κ2) is 2.96. The van der Waals surface area contributed by atoms with Crippen LogP contribution in [0.25, 0.3) is 11.2 Å². The molecule has 0 unspecified atom stereocenters. The molecule has 0 aliphatic rings. The first kappa shape index (κ1) is 7.33. The number of H-pyrrole nitrogens is 1. The van der Waals surface area contributed by atoms with Crippen LogP contribution in [0.5, 0.6) is 0 Å². The first-order chi connectivity index (χ1) is 6.40. The molecule has 2 aromatic rings. The Morgan fingerprint density at radius 1 is 1.46 bits per heavy atom. The van der Waals surface area contributed by atoms with E-state index >= 15 is 0 Å². The molecule has 0 aliphatic heterocycles. The van der Waals surface area contributed by atoms with E-state index in [1.54, 1.807) is 18.3 Å². The second-order valence-corrected chi connectivity index (χ2v) is 2.33. The van der Waals surface area contributed by atoms with E-state index in [-0.39, 0.29) is 0 Å². The van der Waals surface area contributed by atoms with Gasteiger partial charge in [0.05, 0.1) is 6.20 Å². The third-order valence-electron chi connectivity index (χ3n) is 1.51. The number of nitriles is 1. The summed E-state index contributed by atoms with van der Waals surface area (Å²) in [6, 6.07) is 3.53. The van der Waals surface area contributed by atoms with Crippen LogP contribution >= 0.6 is 0 Å². The van der Waals surface area contributed by atoms with E-state index in [4.69, 9.17) is 5.26 Å². The molecule has 0 saturated carbocycles. The van der Waals surface area contributed by atoms with Crippen molar-refractivity contribution in [3.63, 3.8) is 0 Å². The van der Waals surface area contributed by atoms with Gasteiger partial charge in [0.1, 0.15) is 11.2 Å². The molecular formula is C9H4N4. The standard InChI is InChI=1S/C9H4N4/c10-4-1-2-7-6-12-9-8(13-7)3-5-11-9/h3,5-6H,(H,11,12). The number of rotatable bonds is 0. The minimum Gasteiger partial charge on any atom is -0.345 e. The lowest BCUT2D eigenvalue weighted by Gasteiger charge is -1.88. The Morgan fingerprint density at radius 2 is 2.38 bits per heavy atom. The normalized spacial score (nSPS) is 8.85. The molecule has 2 heterocycles. The summed E-state index contributed by atoms with van der Waals surface area (Å²) in [5.74, 6) is 4.84. The molecule has 60 valence electrons. The molecule has 4 heteroatoms. The molecule has 2 rings (SSSR count). The molecule has 0 saturated heterocycles. The summed E-state index contributed by atoms with van der Waals surface area (Å²) in [5.41, 5.74) is 1.99. The molecule has 13 heavy (non-hydrogen) atoms. The van der Waals surface area contributed by atoms with Gasteiger partial charge in [-0.05, 0) is 12.0 Å². The molecule has 0 aromatic carbocycles. The molecule has 0 spiro atoms. The fraction of sp³-hybridized carbons (Fsp3) is 0. The molecular weight excluding hydrogens is 164 g/mol. The Hall–Kier alpha value is -2.33. The van der Waals surface area contributed by atoms with E-state index in [9.17, 15) is 0 Å². The maximum atomic E-state index is 8.22. The van der Waals surface area contributed by atoms with Gasteiger partial charge in [-0.1, -0.05) is 0 Å². The molecule has 0 aliphatic carbocycles. The Morgan fingerprint density at radius 3 is 3.23 bits per heavy atom. The van der Waals surface area contributed by atoms with Gasteiger partial charge in [0.15, 0.2) is 11.7 Å². The Balaban J connectivity index is 2.56. The van der Waals surface area contributed by atoms with Gasteiger partial charge >= 0.3 is 0 Å². The van der Waals surface area contributed by atoms with Crippen molar-refractivity contribution in [2.75, 3.05) is 0 Å². The molecule has 4 nitrogen and oxygen atoms in total. The topological polar surface area (TPSA) is 65.4 Å². The third kappa shape index (κ3) is 1.33. The van der Waals surface area contributed by atoms with Crippen molar-refractivity contribution in [3.8, 4) is 17.9 Å². The monoisotopic (exact) mass is 168 g/mol. The van der Waals surface area contributed by atoms with Crippen molar-refractivity contribution in [2.24, 2.45) is 0 Å². The highest BCUT2D eigenvalue weighted by Gasteiger charge is 1.96. The van der Waals surface area contributed by atoms with Crippen LogP contribution in [0.15, 0.2) is 18.5 Å². The molecule has 0 bridgehead atoms. The fourth-order valence-electron chi connectivity index (χ4n) is 0.983. The Labute approximate surface area is 74.2 Å². The van der Waals surface area contributed by atoms with Gasteiger partial charge in [-0.3, -0.25) is 0 Å². The zero-order chi connectivity index (χ0) is 9.10. The first-order valence-electron chi connectivity index (χ1n) is 3.60. The van der Waals surface area contributed by atoms with Crippen LogP contribution in [0.2, 0.25) is 0 Å². The van der Waals surface area contributed by atoms with Crippen molar-refractivity contribution in [1.29, 1.82) is 5.26 Å². The Bertz CT molecular complexity index is 536. The molecule has 0 radical (unpaired) electrons. The third-order valence-corrected chi connectivity index (χ3v) is 1.51. The Kier molecular flexibility index (Phi) is 1.67. The molecule has 0 atom stereocenters. The summed E-state index contributed by atoms with van der Waals surface area (Å²) in [4.78, 5) is 11.1. The average molecular weight is 168 g/mol. The maximum Gasteiger partial charge on any atom is 0.156 e. The van der Waals surface area contributed by atoms with E-state index in [2.05, 4.69) is 26.8 Å². The van der Waals surface area contributed by atoms with E-state index in [1.165, 1.54) is 6.20 Å². The van der Waals surface area contributed by atoms with Crippen molar-refractivity contribution in [2.45, 2.75) is 0 Å². The summed E-state index contributed by atoms with van der Waals surface area (Å²) < 4.78 is 0. The zero-order valence-electron chi connectivity index (χ0n) is 6.57. The van der Waals surface area contributed by atoms with Crippen LogP contribution in [0.4, 0.5) is 0 Å². The lowest BCUT2D eigenvalue weighted by molar-refractivity contribution is 1.24. The van der Waals surface area contributed by atoms with Gasteiger partial charge in [0, 0.05) is 12.1 Å². The van der Waals surface area contributed by atoms with Crippen LogP contribution < -0.4 is 0 Å². The van der Waals surface area contributed by atoms with Gasteiger partial charge in [-0.15, -0.1) is 0 Å². The van der Waals surface area contributed by atoms with Crippen molar-refractivity contribution >= 4 is 11.2 Å². The number of hydrogen-bond acceptors (Lipinski definition) is 3. The van der Waals surface area contributed by atoms with Gasteiger partial charge in [-0.2, -0.15) is 5.26 Å². The minimum absolute atomic E-state index is 0.508. The largest absolute Gasteiger partial charge is 0.345 e. The van der Waals surface area contributed by atoms with Crippen LogP contribution in [0.1, 0.15) is 5.69 Å². The number of aromatic amines is 1. The van der Waals surface area contributed by atoms with Gasteiger partial charge < -0.3 is 4.98 Å². The molecule has 0 amide bonds. The molecule has 0 fully saturated rings. The SMILES string of the molecule is N#CC#Cc1cnc2[nH]ccc2n1. The van der Waals surface area contributed by atoms with Crippen molar-refractivity contribution in [3.05, 3.63) is 24.2 Å². The van der Waals surface area contributed by atoms with E-state index < -0.39 is 0 Å². The first-order valence-corrected chi connectivity index (χ1v) is 3.60. The van der Waals surface area contributed by atoms with Crippen LogP contribution in [-0.4, -0.2) is 15.0 Å². The summed E-state index contributed by atoms with van der Waals surface area (Å²) in [7, 11) is 0. The van der Waals surface area contributed by atoms with E-state index in [1.807, 2.05) is 0 Å². The van der Waals surface area contributed by atoms with E-state index in [0.717, 1.165) is 11.2 Å². The fourth-order valence-corrected chi connectivity index (χ4v) is 0.983. The number of fused-ring (bicyclic) bond motifs is 1. The minimum atomic E-state index is 0.508. The van der Waals surface area contributed by atoms with Crippen molar-refractivity contribution in [1.82, 2.24) is 15.0 Å². The predicted molar refractivity (Wildman–Crippen MR) is 46.4 cm³/mol. The zero-order valence-corrected chi connectivity index (χ0v) is 6.57. The summed E-state index contributed by atoms with van der Waals surface area (Å²) in [5, 5.41) is 8.22. The van der Waals surface area contributed by atoms with Crippen LogP contribution in [0, 0.1) is 23.2 Å². The van der Waals surface area contributed by atoms with Gasteiger partial charge in [0.25, 0.3) is 0 Å².